The molecule has 1 aliphatic carbocycles. The number of benzene rings is 1. The Balaban J connectivity index is 0.00000205. The summed E-state index contributed by atoms with van der Waals surface area (Å²) in [6.07, 6.45) is 5.26. The van der Waals surface area contributed by atoms with Crippen molar-refractivity contribution in [1.82, 2.24) is 14.6 Å². The van der Waals surface area contributed by atoms with Crippen molar-refractivity contribution in [3.8, 4) is 16.9 Å². The Bertz CT molecular complexity index is 1320. The van der Waals surface area contributed by atoms with Crippen LogP contribution >= 0.6 is 0 Å². The molecule has 8 heteroatoms. The van der Waals surface area contributed by atoms with Crippen LogP contribution in [0.15, 0.2) is 47.5 Å². The molecule has 1 aliphatic rings. The van der Waals surface area contributed by atoms with Crippen molar-refractivity contribution in [2.45, 2.75) is 18.8 Å². The standard InChI is InChI=1S/C21H17N3O4.K/c1-28-19-14(12-4-5-17-13(8-12)10-22-23-17)6-7-24-18(19)15(11-2-3-11)9-16(20(24)25)21(26)27;/h4-11H,2-3H2,1H3,(H,22,23)(H,26,27);/q;+1/p-1. The summed E-state index contributed by atoms with van der Waals surface area (Å²) in [6.45, 7) is 0. The summed E-state index contributed by atoms with van der Waals surface area (Å²) in [7, 11) is 1.56. The van der Waals surface area contributed by atoms with Crippen LogP contribution in [0.5, 0.6) is 5.75 Å². The van der Waals surface area contributed by atoms with E-state index in [0.717, 1.165) is 40.4 Å². The van der Waals surface area contributed by atoms with Gasteiger partial charge in [0.1, 0.15) is 0 Å². The number of aromatic amines is 1. The van der Waals surface area contributed by atoms with E-state index in [9.17, 15) is 14.7 Å². The molecule has 0 radical (unpaired) electrons. The van der Waals surface area contributed by atoms with E-state index in [1.54, 1.807) is 25.6 Å². The molecule has 1 N–H and O–H groups in total. The van der Waals surface area contributed by atoms with E-state index in [1.807, 2.05) is 18.2 Å². The first kappa shape index (κ1) is 20.3. The number of carboxylic acid groups (broad SMARTS) is 1. The van der Waals surface area contributed by atoms with E-state index < -0.39 is 11.5 Å². The van der Waals surface area contributed by atoms with Crippen molar-refractivity contribution < 1.29 is 66.0 Å². The number of hydrogen-bond donors (Lipinski definition) is 1. The maximum atomic E-state index is 12.7. The minimum Gasteiger partial charge on any atom is -0.545 e. The van der Waals surface area contributed by atoms with Crippen LogP contribution in [0, 0.1) is 0 Å². The van der Waals surface area contributed by atoms with Crippen molar-refractivity contribution >= 4 is 22.4 Å². The second-order valence-corrected chi connectivity index (χ2v) is 7.03. The zero-order valence-corrected chi connectivity index (χ0v) is 19.2. The minimum atomic E-state index is -1.46. The summed E-state index contributed by atoms with van der Waals surface area (Å²) in [5, 5.41) is 19.4. The fraction of sp³-hybridized carbons (Fsp3) is 0.190. The number of pyridine rings is 2. The molecule has 3 aromatic heterocycles. The van der Waals surface area contributed by atoms with Gasteiger partial charge < -0.3 is 14.6 Å². The number of aromatic nitrogens is 3. The van der Waals surface area contributed by atoms with Gasteiger partial charge in [-0.15, -0.1) is 0 Å². The van der Waals surface area contributed by atoms with Crippen LogP contribution in [0.1, 0.15) is 34.7 Å². The quantitative estimate of drug-likeness (QED) is 0.437. The van der Waals surface area contributed by atoms with Gasteiger partial charge in [0.15, 0.2) is 5.75 Å². The van der Waals surface area contributed by atoms with E-state index in [0.29, 0.717) is 11.3 Å². The number of fused-ring (bicyclic) bond motifs is 2. The number of nitrogens with one attached hydrogen (secondary N) is 1. The summed E-state index contributed by atoms with van der Waals surface area (Å²) in [6, 6.07) is 9.12. The molecule has 0 aliphatic heterocycles. The minimum absolute atomic E-state index is 0. The number of ether oxygens (including phenoxy) is 1. The molecule has 0 unspecified atom stereocenters. The van der Waals surface area contributed by atoms with E-state index in [2.05, 4.69) is 10.2 Å². The zero-order valence-electron chi connectivity index (χ0n) is 16.1. The number of carboxylic acids is 1. The van der Waals surface area contributed by atoms with Crippen molar-refractivity contribution in [3.63, 3.8) is 0 Å². The van der Waals surface area contributed by atoms with Crippen LogP contribution < -0.4 is 66.8 Å². The summed E-state index contributed by atoms with van der Waals surface area (Å²) in [5.74, 6) is -0.696. The molecule has 140 valence electrons. The molecule has 4 aromatic rings. The van der Waals surface area contributed by atoms with E-state index in [1.165, 1.54) is 10.5 Å². The monoisotopic (exact) mass is 413 g/mol. The topological polar surface area (TPSA) is 99.5 Å². The Morgan fingerprint density at radius 3 is 2.76 bits per heavy atom. The number of rotatable bonds is 4. The average molecular weight is 413 g/mol. The maximum absolute atomic E-state index is 12.7. The third kappa shape index (κ3) is 3.34. The third-order valence-corrected chi connectivity index (χ3v) is 5.31. The Labute approximate surface area is 208 Å². The largest absolute Gasteiger partial charge is 1.00 e. The van der Waals surface area contributed by atoms with Gasteiger partial charge in [-0.3, -0.25) is 14.3 Å². The molecule has 3 heterocycles. The normalized spacial score (nSPS) is 13.4. The summed E-state index contributed by atoms with van der Waals surface area (Å²) in [4.78, 5) is 24.1. The predicted molar refractivity (Wildman–Crippen MR) is 102 cm³/mol. The van der Waals surface area contributed by atoms with Gasteiger partial charge in [-0.05, 0) is 54.2 Å². The molecule has 29 heavy (non-hydrogen) atoms. The number of aromatic carboxylic acids is 1. The summed E-state index contributed by atoms with van der Waals surface area (Å²) >= 11 is 0. The van der Waals surface area contributed by atoms with Crippen molar-refractivity contribution in [3.05, 3.63) is 64.2 Å². The molecular weight excluding hydrogens is 397 g/mol. The Morgan fingerprint density at radius 1 is 1.28 bits per heavy atom. The van der Waals surface area contributed by atoms with Gasteiger partial charge >= 0.3 is 51.4 Å². The summed E-state index contributed by atoms with van der Waals surface area (Å²) in [5.41, 5.74) is 3.16. The molecule has 7 nitrogen and oxygen atoms in total. The van der Waals surface area contributed by atoms with Crippen LogP contribution in [-0.2, 0) is 0 Å². The van der Waals surface area contributed by atoms with Gasteiger partial charge in [0.2, 0.25) is 0 Å². The van der Waals surface area contributed by atoms with Crippen LogP contribution in [-0.4, -0.2) is 27.7 Å². The maximum Gasteiger partial charge on any atom is 1.00 e. The molecule has 1 fully saturated rings. The molecule has 1 saturated carbocycles. The van der Waals surface area contributed by atoms with Crippen molar-refractivity contribution in [1.29, 1.82) is 0 Å². The fourth-order valence-corrected chi connectivity index (χ4v) is 3.79. The van der Waals surface area contributed by atoms with E-state index in [-0.39, 0.29) is 62.9 Å². The van der Waals surface area contributed by atoms with Gasteiger partial charge in [0.05, 0.1) is 35.9 Å². The fourth-order valence-electron chi connectivity index (χ4n) is 3.79. The molecule has 5 rings (SSSR count). The van der Waals surface area contributed by atoms with Crippen LogP contribution in [0.25, 0.3) is 27.5 Å². The number of hydrogen-bond acceptors (Lipinski definition) is 5. The molecule has 0 atom stereocenters. The van der Waals surface area contributed by atoms with Gasteiger partial charge in [-0.2, -0.15) is 5.10 Å². The van der Waals surface area contributed by atoms with Gasteiger partial charge in [-0.1, -0.05) is 6.07 Å². The number of carbonyl (C=O) groups is 1. The van der Waals surface area contributed by atoms with Gasteiger partial charge in [-0.25, -0.2) is 0 Å². The first-order valence-corrected chi connectivity index (χ1v) is 8.99. The number of carbonyl (C=O) groups excluding carboxylic acids is 1. The Morgan fingerprint density at radius 2 is 2.07 bits per heavy atom. The number of methoxy groups -OCH3 is 1. The Hall–Kier alpha value is -1.97. The Kier molecular flexibility index (Phi) is 5.39. The predicted octanol–water partition coefficient (Wildman–Crippen LogP) is -0.904. The molecular formula is C21H16KN3O4. The molecule has 1 aromatic carbocycles. The van der Waals surface area contributed by atoms with Crippen LogP contribution in [0.3, 0.4) is 0 Å². The SMILES string of the molecule is COc1c(-c2ccc3[nH]ncc3c2)ccn2c(=O)c(C(=O)[O-])cc(C3CC3)c12.[K+]. The third-order valence-electron chi connectivity index (χ3n) is 5.31. The molecule has 0 spiro atoms. The molecule has 0 bridgehead atoms. The zero-order chi connectivity index (χ0) is 19.4. The number of nitrogens with zero attached hydrogens (tertiary/aromatic N) is 2. The first-order valence-electron chi connectivity index (χ1n) is 8.99. The molecule has 0 saturated heterocycles. The van der Waals surface area contributed by atoms with Crippen molar-refractivity contribution in [2.75, 3.05) is 7.11 Å². The average Bonchev–Trinajstić information content (AvgIpc) is 3.43. The van der Waals surface area contributed by atoms with Crippen LogP contribution in [0.4, 0.5) is 0 Å². The van der Waals surface area contributed by atoms with E-state index >= 15 is 0 Å². The first-order chi connectivity index (χ1) is 13.6. The number of H-pyrrole nitrogens is 1. The van der Waals surface area contributed by atoms with E-state index in [4.69, 9.17) is 4.74 Å². The second-order valence-electron chi connectivity index (χ2n) is 7.03. The second kappa shape index (κ2) is 7.69. The van der Waals surface area contributed by atoms with Gasteiger partial charge in [0, 0.05) is 17.1 Å². The van der Waals surface area contributed by atoms with Gasteiger partial charge in [0.25, 0.3) is 5.56 Å². The van der Waals surface area contributed by atoms with Crippen LogP contribution in [0.2, 0.25) is 0 Å². The summed E-state index contributed by atoms with van der Waals surface area (Å²) < 4.78 is 7.09. The van der Waals surface area contributed by atoms with Crippen molar-refractivity contribution in [2.24, 2.45) is 0 Å². The smallest absolute Gasteiger partial charge is 0.545 e. The molecule has 0 amide bonds.